The van der Waals surface area contributed by atoms with Crippen molar-refractivity contribution in [2.24, 2.45) is 5.73 Å². The number of halogens is 3. The molecule has 2 N–H and O–H groups in total. The van der Waals surface area contributed by atoms with Gasteiger partial charge in [-0.25, -0.2) is 0 Å². The molecule has 0 unspecified atom stereocenters. The number of amides is 1. The lowest BCUT2D eigenvalue weighted by atomic mass is 10.2. The normalized spacial score (nSPS) is 11.2. The number of hydrogen-bond donors (Lipinski definition) is 1. The van der Waals surface area contributed by atoms with Crippen molar-refractivity contribution < 1.29 is 22.7 Å². The van der Waals surface area contributed by atoms with E-state index >= 15 is 0 Å². The van der Waals surface area contributed by atoms with Gasteiger partial charge in [0.15, 0.2) is 0 Å². The molecule has 2 aromatic rings. The molecule has 0 spiro atoms. The zero-order valence-electron chi connectivity index (χ0n) is 10.1. The van der Waals surface area contributed by atoms with Gasteiger partial charge in [-0.2, -0.15) is 13.2 Å². The first-order valence-corrected chi connectivity index (χ1v) is 5.61. The number of hydrogen-bond acceptors (Lipinski definition) is 2. The summed E-state index contributed by atoms with van der Waals surface area (Å²) in [4.78, 5) is 11.0. The van der Waals surface area contributed by atoms with E-state index in [4.69, 9.17) is 10.5 Å². The Kier molecular flexibility index (Phi) is 3.65. The van der Waals surface area contributed by atoms with Crippen LogP contribution in [0.3, 0.4) is 0 Å². The maximum absolute atomic E-state index is 12.6. The molecule has 2 rings (SSSR count). The van der Waals surface area contributed by atoms with Crippen molar-refractivity contribution >= 4 is 5.91 Å². The van der Waals surface area contributed by atoms with Crippen LogP contribution in [0.1, 0.15) is 15.9 Å². The molecule has 3 nitrogen and oxygen atoms in total. The minimum atomic E-state index is -4.44. The van der Waals surface area contributed by atoms with Crippen LogP contribution in [-0.4, -0.2) is 5.91 Å². The molecule has 0 aliphatic carbocycles. The minimum absolute atomic E-state index is 0.0291. The van der Waals surface area contributed by atoms with Gasteiger partial charge >= 0.3 is 6.18 Å². The SMILES string of the molecule is NC(=O)c1cccc(Oc2cccc(C(F)(F)F)c2)c1. The van der Waals surface area contributed by atoms with E-state index in [2.05, 4.69) is 0 Å². The van der Waals surface area contributed by atoms with Crippen molar-refractivity contribution in [2.45, 2.75) is 6.18 Å². The maximum Gasteiger partial charge on any atom is 0.416 e. The summed E-state index contributed by atoms with van der Waals surface area (Å²) in [5, 5.41) is 0. The molecule has 0 heterocycles. The molecule has 6 heteroatoms. The Labute approximate surface area is 112 Å². The third-order valence-corrected chi connectivity index (χ3v) is 2.52. The lowest BCUT2D eigenvalue weighted by molar-refractivity contribution is -0.137. The predicted molar refractivity (Wildman–Crippen MR) is 66.5 cm³/mol. The average molecular weight is 281 g/mol. The first kappa shape index (κ1) is 13.9. The van der Waals surface area contributed by atoms with Gasteiger partial charge < -0.3 is 10.5 Å². The summed E-state index contributed by atoms with van der Waals surface area (Å²) in [7, 11) is 0. The van der Waals surface area contributed by atoms with Crippen molar-refractivity contribution in [2.75, 3.05) is 0 Å². The lowest BCUT2D eigenvalue weighted by Gasteiger charge is -2.10. The van der Waals surface area contributed by atoms with Crippen LogP contribution in [0.4, 0.5) is 13.2 Å². The highest BCUT2D eigenvalue weighted by molar-refractivity contribution is 5.93. The summed E-state index contributed by atoms with van der Waals surface area (Å²) >= 11 is 0. The molecule has 1 amide bonds. The Hall–Kier alpha value is -2.50. The minimum Gasteiger partial charge on any atom is -0.457 e. The highest BCUT2D eigenvalue weighted by Crippen LogP contribution is 2.32. The fourth-order valence-electron chi connectivity index (χ4n) is 1.58. The topological polar surface area (TPSA) is 52.3 Å². The Balaban J connectivity index is 2.26. The number of carbonyl (C=O) groups excluding carboxylic acids is 1. The summed E-state index contributed by atoms with van der Waals surface area (Å²) in [6, 6.07) is 10.4. The first-order valence-electron chi connectivity index (χ1n) is 5.61. The first-order chi connectivity index (χ1) is 9.36. The number of benzene rings is 2. The molecule has 104 valence electrons. The monoisotopic (exact) mass is 281 g/mol. The Bertz CT molecular complexity index is 638. The number of primary amides is 1. The van der Waals surface area contributed by atoms with Gasteiger partial charge in [0.1, 0.15) is 11.5 Å². The van der Waals surface area contributed by atoms with Crippen LogP contribution in [0, 0.1) is 0 Å². The molecule has 0 radical (unpaired) electrons. The van der Waals surface area contributed by atoms with Crippen LogP contribution < -0.4 is 10.5 Å². The summed E-state index contributed by atoms with van der Waals surface area (Å²) < 4.78 is 43.0. The van der Waals surface area contributed by atoms with Crippen molar-refractivity contribution in [1.29, 1.82) is 0 Å². The molecule has 0 aliphatic rings. The largest absolute Gasteiger partial charge is 0.457 e. The maximum atomic E-state index is 12.6. The van der Waals surface area contributed by atoms with E-state index in [0.29, 0.717) is 0 Å². The van der Waals surface area contributed by atoms with Gasteiger partial charge in [0.05, 0.1) is 5.56 Å². The van der Waals surface area contributed by atoms with Crippen LogP contribution in [0.5, 0.6) is 11.5 Å². The standard InChI is InChI=1S/C14H10F3NO2/c15-14(16,17)10-4-2-6-12(8-10)20-11-5-1-3-9(7-11)13(18)19/h1-8H,(H2,18,19). The molecule has 0 saturated heterocycles. The molecular formula is C14H10F3NO2. The Morgan fingerprint density at radius 3 is 2.20 bits per heavy atom. The van der Waals surface area contributed by atoms with Crippen LogP contribution in [-0.2, 0) is 6.18 Å². The zero-order valence-corrected chi connectivity index (χ0v) is 10.1. The van der Waals surface area contributed by atoms with Gasteiger partial charge in [0.2, 0.25) is 5.91 Å². The second-order valence-electron chi connectivity index (χ2n) is 4.02. The molecule has 20 heavy (non-hydrogen) atoms. The highest BCUT2D eigenvalue weighted by Gasteiger charge is 2.30. The van der Waals surface area contributed by atoms with Crippen molar-refractivity contribution in [3.8, 4) is 11.5 Å². The van der Waals surface area contributed by atoms with Gasteiger partial charge in [0, 0.05) is 5.56 Å². The highest BCUT2D eigenvalue weighted by atomic mass is 19.4. The van der Waals surface area contributed by atoms with E-state index in [1.807, 2.05) is 0 Å². The van der Waals surface area contributed by atoms with Gasteiger partial charge in [-0.05, 0) is 36.4 Å². The van der Waals surface area contributed by atoms with Crippen LogP contribution >= 0.6 is 0 Å². The molecule has 0 bridgehead atoms. The molecule has 0 aromatic heterocycles. The molecule has 0 atom stereocenters. The number of nitrogens with two attached hydrogens (primary N) is 1. The molecule has 2 aromatic carbocycles. The third-order valence-electron chi connectivity index (χ3n) is 2.52. The second kappa shape index (κ2) is 5.24. The van der Waals surface area contributed by atoms with Gasteiger partial charge in [-0.3, -0.25) is 4.79 Å². The van der Waals surface area contributed by atoms with E-state index in [-0.39, 0.29) is 17.1 Å². The predicted octanol–water partition coefficient (Wildman–Crippen LogP) is 3.60. The Morgan fingerprint density at radius 1 is 1.00 bits per heavy atom. The number of carbonyl (C=O) groups is 1. The van der Waals surface area contributed by atoms with E-state index in [1.54, 1.807) is 0 Å². The van der Waals surface area contributed by atoms with E-state index in [9.17, 15) is 18.0 Å². The van der Waals surface area contributed by atoms with E-state index < -0.39 is 17.6 Å². The van der Waals surface area contributed by atoms with Crippen LogP contribution in [0.15, 0.2) is 48.5 Å². The van der Waals surface area contributed by atoms with Crippen molar-refractivity contribution in [1.82, 2.24) is 0 Å². The molecule has 0 aliphatic heterocycles. The smallest absolute Gasteiger partial charge is 0.416 e. The lowest BCUT2D eigenvalue weighted by Crippen LogP contribution is -2.10. The number of ether oxygens (including phenoxy) is 1. The van der Waals surface area contributed by atoms with E-state index in [0.717, 1.165) is 12.1 Å². The van der Waals surface area contributed by atoms with Crippen LogP contribution in [0.25, 0.3) is 0 Å². The third kappa shape index (κ3) is 3.28. The van der Waals surface area contributed by atoms with Crippen molar-refractivity contribution in [3.63, 3.8) is 0 Å². The second-order valence-corrected chi connectivity index (χ2v) is 4.02. The van der Waals surface area contributed by atoms with Gasteiger partial charge in [-0.15, -0.1) is 0 Å². The quantitative estimate of drug-likeness (QED) is 0.934. The van der Waals surface area contributed by atoms with Gasteiger partial charge in [-0.1, -0.05) is 12.1 Å². The van der Waals surface area contributed by atoms with Gasteiger partial charge in [0.25, 0.3) is 0 Å². The Morgan fingerprint density at radius 2 is 1.60 bits per heavy atom. The summed E-state index contributed by atoms with van der Waals surface area (Å²) in [6.45, 7) is 0. The van der Waals surface area contributed by atoms with E-state index in [1.165, 1.54) is 36.4 Å². The summed E-state index contributed by atoms with van der Waals surface area (Å²) in [5.41, 5.74) is 4.53. The zero-order chi connectivity index (χ0) is 14.8. The number of rotatable bonds is 3. The molecule has 0 saturated carbocycles. The fraction of sp³-hybridized carbons (Fsp3) is 0.0714. The van der Waals surface area contributed by atoms with Crippen LogP contribution in [0.2, 0.25) is 0 Å². The average Bonchev–Trinajstić information content (AvgIpc) is 2.38. The number of alkyl halides is 3. The summed E-state index contributed by atoms with van der Waals surface area (Å²) in [6.07, 6.45) is -4.44. The van der Waals surface area contributed by atoms with Crippen molar-refractivity contribution in [3.05, 3.63) is 59.7 Å². The molecule has 0 fully saturated rings. The molecular weight excluding hydrogens is 271 g/mol. The fourth-order valence-corrected chi connectivity index (χ4v) is 1.58. The summed E-state index contributed by atoms with van der Waals surface area (Å²) in [5.74, 6) is -0.374.